The Hall–Kier alpha value is 0.270. The minimum absolute atomic E-state index is 0.814. The minimum atomic E-state index is 0.814. The van der Waals surface area contributed by atoms with Crippen LogP contribution in [0.15, 0.2) is 0 Å². The fraction of sp³-hybridized carbons (Fsp3) is 1.00. The fourth-order valence-electron chi connectivity index (χ4n) is 0.647. The predicted molar refractivity (Wildman–Crippen MR) is 47.8 cm³/mol. The number of hydrogen-bond donors (Lipinski definition) is 1. The summed E-state index contributed by atoms with van der Waals surface area (Å²) in [5.74, 6) is 0.919. The first-order chi connectivity index (χ1) is 4.81. The maximum atomic E-state index is 5.18. The summed E-state index contributed by atoms with van der Waals surface area (Å²) < 4.78 is 5.18. The van der Waals surface area contributed by atoms with Gasteiger partial charge in [0.15, 0.2) is 0 Å². The van der Waals surface area contributed by atoms with E-state index in [2.05, 4.69) is 24.6 Å². The molecular formula is C7H17NOS. The van der Waals surface area contributed by atoms with Crippen molar-refractivity contribution in [1.82, 2.24) is 4.90 Å². The Morgan fingerprint density at radius 2 is 2.10 bits per heavy atom. The van der Waals surface area contributed by atoms with Crippen LogP contribution in [0.3, 0.4) is 0 Å². The molecule has 0 aromatic carbocycles. The number of rotatable bonds is 6. The molecule has 0 aromatic heterocycles. The van der Waals surface area contributed by atoms with Gasteiger partial charge in [0.25, 0.3) is 0 Å². The average Bonchev–Trinajstić information content (AvgIpc) is 1.89. The molecule has 0 heterocycles. The van der Waals surface area contributed by atoms with Gasteiger partial charge in [0.2, 0.25) is 0 Å². The highest BCUT2D eigenvalue weighted by molar-refractivity contribution is 7.80. The van der Waals surface area contributed by atoms with Crippen LogP contribution in [0.25, 0.3) is 0 Å². The summed E-state index contributed by atoms with van der Waals surface area (Å²) in [6.07, 6.45) is 0. The van der Waals surface area contributed by atoms with Gasteiger partial charge >= 0.3 is 0 Å². The Bertz CT molecular complexity index is 70.6. The molecule has 2 nitrogen and oxygen atoms in total. The van der Waals surface area contributed by atoms with Crippen LogP contribution in [0.4, 0.5) is 0 Å². The zero-order chi connectivity index (χ0) is 7.82. The van der Waals surface area contributed by atoms with Crippen molar-refractivity contribution in [3.8, 4) is 0 Å². The highest BCUT2D eigenvalue weighted by Gasteiger charge is 1.93. The summed E-state index contributed by atoms with van der Waals surface area (Å²) in [6.45, 7) is 5.71. The van der Waals surface area contributed by atoms with Crippen LogP contribution >= 0.6 is 12.6 Å². The summed E-state index contributed by atoms with van der Waals surface area (Å²) in [5, 5.41) is 0. The summed E-state index contributed by atoms with van der Waals surface area (Å²) in [7, 11) is 2.08. The van der Waals surface area contributed by atoms with Crippen molar-refractivity contribution in [1.29, 1.82) is 0 Å². The second-order valence-electron chi connectivity index (χ2n) is 2.22. The van der Waals surface area contributed by atoms with Gasteiger partial charge in [-0.3, -0.25) is 0 Å². The summed E-state index contributed by atoms with van der Waals surface area (Å²) in [5.41, 5.74) is 0. The lowest BCUT2D eigenvalue weighted by atomic mass is 10.5. The molecule has 0 amide bonds. The molecule has 0 rings (SSSR count). The van der Waals surface area contributed by atoms with Gasteiger partial charge in [-0.2, -0.15) is 12.6 Å². The van der Waals surface area contributed by atoms with Crippen molar-refractivity contribution in [2.24, 2.45) is 0 Å². The molecule has 0 N–H and O–H groups in total. The molecule has 0 aliphatic rings. The number of likely N-dealkylation sites (N-methyl/N-ethyl adjacent to an activating group) is 1. The average molecular weight is 163 g/mol. The molecule has 0 fully saturated rings. The highest BCUT2D eigenvalue weighted by atomic mass is 32.1. The van der Waals surface area contributed by atoms with Gasteiger partial charge in [-0.05, 0) is 14.0 Å². The summed E-state index contributed by atoms with van der Waals surface area (Å²) in [4.78, 5) is 2.21. The predicted octanol–water partition coefficient (Wildman–Crippen LogP) is 0.884. The van der Waals surface area contributed by atoms with Crippen LogP contribution in [0.1, 0.15) is 6.92 Å². The number of ether oxygens (including phenoxy) is 1. The maximum Gasteiger partial charge on any atom is 0.0593 e. The van der Waals surface area contributed by atoms with E-state index in [1.165, 1.54) is 0 Å². The molecule has 0 bridgehead atoms. The van der Waals surface area contributed by atoms with Gasteiger partial charge in [0.1, 0.15) is 0 Å². The number of thiol groups is 1. The van der Waals surface area contributed by atoms with Crippen molar-refractivity contribution in [2.75, 3.05) is 39.1 Å². The minimum Gasteiger partial charge on any atom is -0.380 e. The Kier molecular flexibility index (Phi) is 7.58. The SMILES string of the molecule is CCOCCN(C)CCS. The van der Waals surface area contributed by atoms with E-state index >= 15 is 0 Å². The van der Waals surface area contributed by atoms with Crippen LogP contribution in [0.5, 0.6) is 0 Å². The topological polar surface area (TPSA) is 12.5 Å². The third-order valence-electron chi connectivity index (χ3n) is 1.30. The van der Waals surface area contributed by atoms with Gasteiger partial charge in [-0.15, -0.1) is 0 Å². The lowest BCUT2D eigenvalue weighted by molar-refractivity contribution is 0.124. The molecule has 62 valence electrons. The zero-order valence-electron chi connectivity index (χ0n) is 6.84. The Labute approximate surface area is 69.0 Å². The summed E-state index contributed by atoms with van der Waals surface area (Å²) in [6, 6.07) is 0. The first-order valence-electron chi connectivity index (χ1n) is 3.68. The lowest BCUT2D eigenvalue weighted by Crippen LogP contribution is -2.25. The third kappa shape index (κ3) is 6.39. The summed E-state index contributed by atoms with van der Waals surface area (Å²) >= 11 is 4.12. The van der Waals surface area contributed by atoms with E-state index in [4.69, 9.17) is 4.74 Å². The van der Waals surface area contributed by atoms with Crippen molar-refractivity contribution in [2.45, 2.75) is 6.92 Å². The van der Waals surface area contributed by atoms with Crippen LogP contribution in [0.2, 0.25) is 0 Å². The molecule has 0 atom stereocenters. The standard InChI is InChI=1S/C7H17NOS/c1-3-9-6-4-8(2)5-7-10/h10H,3-7H2,1-2H3. The molecule has 0 aliphatic carbocycles. The molecule has 0 unspecified atom stereocenters. The smallest absolute Gasteiger partial charge is 0.0593 e. The molecular weight excluding hydrogens is 146 g/mol. The first-order valence-corrected chi connectivity index (χ1v) is 4.31. The van der Waals surface area contributed by atoms with E-state index in [9.17, 15) is 0 Å². The fourth-order valence-corrected chi connectivity index (χ4v) is 0.989. The van der Waals surface area contributed by atoms with Crippen molar-refractivity contribution in [3.63, 3.8) is 0 Å². The molecule has 10 heavy (non-hydrogen) atoms. The molecule has 3 heteroatoms. The second kappa shape index (κ2) is 7.38. The van der Waals surface area contributed by atoms with Gasteiger partial charge in [-0.1, -0.05) is 0 Å². The van der Waals surface area contributed by atoms with Gasteiger partial charge < -0.3 is 9.64 Å². The van der Waals surface area contributed by atoms with Crippen molar-refractivity contribution in [3.05, 3.63) is 0 Å². The molecule has 0 aromatic rings. The Morgan fingerprint density at radius 1 is 1.40 bits per heavy atom. The number of nitrogens with zero attached hydrogens (tertiary/aromatic N) is 1. The van der Waals surface area contributed by atoms with Crippen LogP contribution < -0.4 is 0 Å². The molecule has 0 aliphatic heterocycles. The molecule has 0 saturated carbocycles. The second-order valence-corrected chi connectivity index (χ2v) is 2.67. The highest BCUT2D eigenvalue weighted by Crippen LogP contribution is 1.84. The van der Waals surface area contributed by atoms with Crippen LogP contribution in [0, 0.1) is 0 Å². The van der Waals surface area contributed by atoms with Crippen molar-refractivity contribution < 1.29 is 4.74 Å². The Balaban J connectivity index is 2.97. The van der Waals surface area contributed by atoms with E-state index < -0.39 is 0 Å². The van der Waals surface area contributed by atoms with Crippen molar-refractivity contribution >= 4 is 12.6 Å². The van der Waals surface area contributed by atoms with E-state index in [-0.39, 0.29) is 0 Å². The molecule has 0 radical (unpaired) electrons. The van der Waals surface area contributed by atoms with E-state index in [1.807, 2.05) is 6.92 Å². The first kappa shape index (κ1) is 10.3. The zero-order valence-corrected chi connectivity index (χ0v) is 7.73. The molecule has 0 spiro atoms. The van der Waals surface area contributed by atoms with Crippen LogP contribution in [-0.2, 0) is 4.74 Å². The van der Waals surface area contributed by atoms with E-state index in [1.54, 1.807) is 0 Å². The Morgan fingerprint density at radius 3 is 2.60 bits per heavy atom. The third-order valence-corrected chi connectivity index (χ3v) is 1.50. The lowest BCUT2D eigenvalue weighted by Gasteiger charge is -2.14. The number of hydrogen-bond acceptors (Lipinski definition) is 3. The largest absolute Gasteiger partial charge is 0.380 e. The monoisotopic (exact) mass is 163 g/mol. The quantitative estimate of drug-likeness (QED) is 0.461. The molecule has 0 saturated heterocycles. The van der Waals surface area contributed by atoms with Crippen LogP contribution in [-0.4, -0.2) is 44.0 Å². The maximum absolute atomic E-state index is 5.18. The van der Waals surface area contributed by atoms with E-state index in [0.29, 0.717) is 0 Å². The van der Waals surface area contributed by atoms with Gasteiger partial charge in [0.05, 0.1) is 6.61 Å². The van der Waals surface area contributed by atoms with Gasteiger partial charge in [0, 0.05) is 25.4 Å². The normalized spacial score (nSPS) is 10.8. The van der Waals surface area contributed by atoms with E-state index in [0.717, 1.165) is 32.1 Å². The van der Waals surface area contributed by atoms with Gasteiger partial charge in [-0.25, -0.2) is 0 Å².